The first kappa shape index (κ1) is 21.6. The topological polar surface area (TPSA) is 82.2 Å². The number of aliphatic hydroxyl groups is 1. The van der Waals surface area contributed by atoms with Gasteiger partial charge in [-0.1, -0.05) is 32.6 Å². The first-order valence-electron chi connectivity index (χ1n) is 8.98. The Hall–Kier alpha value is -2.71. The first-order chi connectivity index (χ1) is 13.5. The zero-order chi connectivity index (χ0) is 20.8. The van der Waals surface area contributed by atoms with Gasteiger partial charge in [0.15, 0.2) is 5.65 Å². The molecule has 0 saturated heterocycles. The zero-order valence-corrected chi connectivity index (χ0v) is 17.7. The summed E-state index contributed by atoms with van der Waals surface area (Å²) >= 11 is 1.37. The molecule has 0 aromatic carbocycles. The van der Waals surface area contributed by atoms with Gasteiger partial charge < -0.3 is 14.4 Å². The van der Waals surface area contributed by atoms with Crippen LogP contribution in [-0.4, -0.2) is 31.5 Å². The van der Waals surface area contributed by atoms with Crippen molar-refractivity contribution in [1.82, 2.24) is 19.3 Å². The Bertz CT molecular complexity index is 1100. The molecule has 1 N–H and O–H groups in total. The molecule has 0 atom stereocenters. The van der Waals surface area contributed by atoms with Crippen LogP contribution in [0.15, 0.2) is 47.1 Å². The van der Waals surface area contributed by atoms with Gasteiger partial charge in [-0.25, -0.2) is 9.67 Å². The van der Waals surface area contributed by atoms with Crippen molar-refractivity contribution >= 4 is 32.6 Å². The lowest BCUT2D eigenvalue weighted by molar-refractivity contribution is 0.281. The van der Waals surface area contributed by atoms with Gasteiger partial charge >= 0.3 is 0 Å². The standard InChI is InChI=1S/C18H20N4O3S.C2H6/c1-5-6-12(7-11(2)25-4)9-22-18(24)15-13(8-19-22)16-17(21(15)3)20-14(10-23)26-16;1-2/h5-8,23H,1,9-10H2,2-4H3;1-2H3/b11-7+,12-6+;. The van der Waals surface area contributed by atoms with Crippen molar-refractivity contribution in [3.05, 3.63) is 57.7 Å². The number of methoxy groups -OCH3 is 1. The maximum atomic E-state index is 13.0. The summed E-state index contributed by atoms with van der Waals surface area (Å²) in [6, 6.07) is 0. The summed E-state index contributed by atoms with van der Waals surface area (Å²) in [5, 5.41) is 15.0. The predicted octanol–water partition coefficient (Wildman–Crippen LogP) is 3.53. The number of allylic oxidation sites excluding steroid dienone is 5. The third-order valence-electron chi connectivity index (χ3n) is 4.08. The van der Waals surface area contributed by atoms with E-state index in [1.807, 2.05) is 32.9 Å². The van der Waals surface area contributed by atoms with Crippen molar-refractivity contribution in [2.45, 2.75) is 33.9 Å². The van der Waals surface area contributed by atoms with E-state index in [4.69, 9.17) is 4.74 Å². The number of ether oxygens (including phenoxy) is 1. The number of aromatic nitrogens is 4. The number of aryl methyl sites for hydroxylation is 1. The summed E-state index contributed by atoms with van der Waals surface area (Å²) in [4.78, 5) is 17.4. The number of nitrogens with zero attached hydrogens (tertiary/aromatic N) is 4. The molecule has 8 heteroatoms. The molecular formula is C20H26N4O3S. The molecule has 150 valence electrons. The Morgan fingerprint density at radius 1 is 1.43 bits per heavy atom. The Morgan fingerprint density at radius 2 is 2.14 bits per heavy atom. The van der Waals surface area contributed by atoms with E-state index in [-0.39, 0.29) is 12.2 Å². The van der Waals surface area contributed by atoms with E-state index in [1.165, 1.54) is 16.0 Å². The predicted molar refractivity (Wildman–Crippen MR) is 114 cm³/mol. The molecule has 0 aliphatic carbocycles. The molecule has 7 nitrogen and oxygen atoms in total. The monoisotopic (exact) mass is 402 g/mol. The molecule has 0 amide bonds. The van der Waals surface area contributed by atoms with Gasteiger partial charge in [0.2, 0.25) is 0 Å². The van der Waals surface area contributed by atoms with Crippen LogP contribution in [0.5, 0.6) is 0 Å². The van der Waals surface area contributed by atoms with E-state index in [9.17, 15) is 9.90 Å². The Labute approximate surface area is 167 Å². The van der Waals surface area contributed by atoms with Crippen LogP contribution in [0, 0.1) is 0 Å². The van der Waals surface area contributed by atoms with Crippen molar-refractivity contribution in [3.8, 4) is 0 Å². The van der Waals surface area contributed by atoms with Gasteiger partial charge in [0.25, 0.3) is 5.56 Å². The number of aliphatic hydroxyl groups excluding tert-OH is 1. The number of fused-ring (bicyclic) bond motifs is 3. The van der Waals surface area contributed by atoms with Crippen LogP contribution in [0.1, 0.15) is 25.8 Å². The van der Waals surface area contributed by atoms with Gasteiger partial charge in [-0.3, -0.25) is 4.79 Å². The maximum absolute atomic E-state index is 13.0. The molecule has 3 aromatic heterocycles. The minimum Gasteiger partial charge on any atom is -0.501 e. The fraction of sp³-hybridized carbons (Fsp3) is 0.350. The van der Waals surface area contributed by atoms with Crippen LogP contribution in [-0.2, 0) is 24.9 Å². The Morgan fingerprint density at radius 3 is 2.75 bits per heavy atom. The van der Waals surface area contributed by atoms with Gasteiger partial charge in [-0.15, -0.1) is 11.3 Å². The van der Waals surface area contributed by atoms with Crippen molar-refractivity contribution in [3.63, 3.8) is 0 Å². The molecule has 0 aliphatic heterocycles. The largest absolute Gasteiger partial charge is 0.501 e. The third kappa shape index (κ3) is 4.07. The number of hydrogen-bond acceptors (Lipinski definition) is 6. The van der Waals surface area contributed by atoms with Crippen LogP contribution in [0.25, 0.3) is 21.3 Å². The summed E-state index contributed by atoms with van der Waals surface area (Å²) in [6.07, 6.45) is 7.01. The molecule has 0 aliphatic rings. The highest BCUT2D eigenvalue weighted by atomic mass is 32.1. The quantitative estimate of drug-likeness (QED) is 0.504. The molecule has 0 saturated carbocycles. The number of rotatable bonds is 6. The van der Waals surface area contributed by atoms with Gasteiger partial charge in [0, 0.05) is 12.4 Å². The van der Waals surface area contributed by atoms with Crippen LogP contribution < -0.4 is 5.56 Å². The summed E-state index contributed by atoms with van der Waals surface area (Å²) in [6.45, 7) is 9.74. The van der Waals surface area contributed by atoms with Crippen LogP contribution in [0.3, 0.4) is 0 Å². The highest BCUT2D eigenvalue weighted by Gasteiger charge is 2.18. The lowest BCUT2D eigenvalue weighted by atomic mass is 10.2. The van der Waals surface area contributed by atoms with E-state index >= 15 is 0 Å². The average molecular weight is 403 g/mol. The lowest BCUT2D eigenvalue weighted by Crippen LogP contribution is -2.24. The van der Waals surface area contributed by atoms with Gasteiger partial charge in [-0.2, -0.15) is 5.10 Å². The summed E-state index contributed by atoms with van der Waals surface area (Å²) in [5.41, 5.74) is 1.88. The normalized spacial score (nSPS) is 12.2. The van der Waals surface area contributed by atoms with Crippen molar-refractivity contribution in [2.24, 2.45) is 7.05 Å². The fourth-order valence-corrected chi connectivity index (χ4v) is 3.77. The van der Waals surface area contributed by atoms with E-state index in [2.05, 4.69) is 16.7 Å². The Kier molecular flexibility index (Phi) is 7.31. The second-order valence-electron chi connectivity index (χ2n) is 5.78. The molecule has 3 aromatic rings. The maximum Gasteiger partial charge on any atom is 0.291 e. The summed E-state index contributed by atoms with van der Waals surface area (Å²) < 4.78 is 9.21. The molecule has 0 spiro atoms. The second-order valence-corrected chi connectivity index (χ2v) is 6.87. The highest BCUT2D eigenvalue weighted by Crippen LogP contribution is 2.30. The van der Waals surface area contributed by atoms with Crippen molar-refractivity contribution < 1.29 is 9.84 Å². The van der Waals surface area contributed by atoms with Gasteiger partial charge in [0.05, 0.1) is 36.9 Å². The van der Waals surface area contributed by atoms with Crippen LogP contribution >= 0.6 is 11.3 Å². The van der Waals surface area contributed by atoms with Crippen molar-refractivity contribution in [2.75, 3.05) is 7.11 Å². The molecule has 0 unspecified atom stereocenters. The fourth-order valence-electron chi connectivity index (χ4n) is 2.80. The molecule has 28 heavy (non-hydrogen) atoms. The highest BCUT2D eigenvalue weighted by molar-refractivity contribution is 7.19. The molecule has 3 heterocycles. The zero-order valence-electron chi connectivity index (χ0n) is 16.9. The number of hydrogen-bond donors (Lipinski definition) is 1. The minimum absolute atomic E-state index is 0.119. The van der Waals surface area contributed by atoms with E-state index in [0.29, 0.717) is 22.7 Å². The minimum atomic E-state index is -0.195. The summed E-state index contributed by atoms with van der Waals surface area (Å²) in [5.74, 6) is 0.729. The number of thiazole rings is 1. The summed E-state index contributed by atoms with van der Waals surface area (Å²) in [7, 11) is 3.39. The Balaban J connectivity index is 0.00000136. The smallest absolute Gasteiger partial charge is 0.291 e. The molecule has 0 fully saturated rings. The van der Waals surface area contributed by atoms with Gasteiger partial charge in [0.1, 0.15) is 10.5 Å². The van der Waals surface area contributed by atoms with Crippen LogP contribution in [0.4, 0.5) is 0 Å². The van der Waals surface area contributed by atoms with E-state index in [0.717, 1.165) is 21.4 Å². The van der Waals surface area contributed by atoms with E-state index in [1.54, 1.807) is 31.0 Å². The molecular weight excluding hydrogens is 376 g/mol. The lowest BCUT2D eigenvalue weighted by Gasteiger charge is -2.07. The van der Waals surface area contributed by atoms with Crippen molar-refractivity contribution in [1.29, 1.82) is 0 Å². The average Bonchev–Trinajstić information content (AvgIpc) is 3.24. The first-order valence-corrected chi connectivity index (χ1v) is 9.80. The van der Waals surface area contributed by atoms with Crippen LogP contribution in [0.2, 0.25) is 0 Å². The van der Waals surface area contributed by atoms with E-state index < -0.39 is 0 Å². The third-order valence-corrected chi connectivity index (χ3v) is 5.14. The SMILES string of the molecule is C=C/C=C(\C=C(/C)OC)Cn1ncc2c3sc(CO)nc3n(C)c2c1=O.CC. The second kappa shape index (κ2) is 9.48. The molecule has 3 rings (SSSR count). The molecule has 0 bridgehead atoms. The van der Waals surface area contributed by atoms with Gasteiger partial charge in [-0.05, 0) is 18.6 Å². The molecule has 0 radical (unpaired) electrons.